The van der Waals surface area contributed by atoms with Gasteiger partial charge in [-0.3, -0.25) is 0 Å². The second-order valence-corrected chi connectivity index (χ2v) is 4.75. The maximum Gasteiger partial charge on any atom is 0.341 e. The molecule has 1 fully saturated rings. The monoisotopic (exact) mass is 250 g/mol. The molecule has 0 aliphatic carbocycles. The summed E-state index contributed by atoms with van der Waals surface area (Å²) in [6, 6.07) is 0.566. The first-order valence-corrected chi connectivity index (χ1v) is 6.04. The molecular formula is C12H18N4O2. The largest absolute Gasteiger partial charge is 0.477 e. The Balaban J connectivity index is 2.12. The van der Waals surface area contributed by atoms with Crippen molar-refractivity contribution in [3.8, 4) is 0 Å². The fourth-order valence-corrected chi connectivity index (χ4v) is 2.32. The predicted octanol–water partition coefficient (Wildman–Crippen LogP) is 0.705. The van der Waals surface area contributed by atoms with E-state index < -0.39 is 5.97 Å². The van der Waals surface area contributed by atoms with Crippen LogP contribution in [0.4, 0.5) is 5.82 Å². The second-order valence-electron chi connectivity index (χ2n) is 4.75. The standard InChI is InChI=1S/C12H18N4O2/c1-15(2)9-3-5-16(6-4-9)11-10(12(17)18)7-13-8-14-11/h7-9H,3-6H2,1-2H3,(H,17,18). The Bertz CT molecular complexity index is 428. The van der Waals surface area contributed by atoms with Gasteiger partial charge in [0.25, 0.3) is 0 Å². The molecular weight excluding hydrogens is 232 g/mol. The maximum absolute atomic E-state index is 11.1. The molecule has 0 atom stereocenters. The van der Waals surface area contributed by atoms with E-state index in [0.717, 1.165) is 25.9 Å². The molecule has 1 aliphatic heterocycles. The summed E-state index contributed by atoms with van der Waals surface area (Å²) in [6.45, 7) is 1.67. The number of aromatic carboxylic acids is 1. The number of anilines is 1. The Morgan fingerprint density at radius 3 is 2.67 bits per heavy atom. The number of piperidine rings is 1. The normalized spacial score (nSPS) is 17.2. The molecule has 0 unspecified atom stereocenters. The Hall–Kier alpha value is -1.69. The Morgan fingerprint density at radius 2 is 2.11 bits per heavy atom. The van der Waals surface area contributed by atoms with E-state index in [1.165, 1.54) is 12.5 Å². The van der Waals surface area contributed by atoms with E-state index in [-0.39, 0.29) is 5.56 Å². The Kier molecular flexibility index (Phi) is 3.76. The maximum atomic E-state index is 11.1. The van der Waals surface area contributed by atoms with Crippen LogP contribution in [0.5, 0.6) is 0 Å². The Labute approximate surface area is 106 Å². The number of carboxylic acid groups (broad SMARTS) is 1. The number of aromatic nitrogens is 2. The number of hydrogen-bond acceptors (Lipinski definition) is 5. The highest BCUT2D eigenvalue weighted by Crippen LogP contribution is 2.22. The van der Waals surface area contributed by atoms with Crippen molar-refractivity contribution in [1.29, 1.82) is 0 Å². The van der Waals surface area contributed by atoms with Crippen molar-refractivity contribution in [1.82, 2.24) is 14.9 Å². The molecule has 1 aromatic heterocycles. The van der Waals surface area contributed by atoms with Gasteiger partial charge in [0.05, 0.1) is 0 Å². The molecule has 0 saturated carbocycles. The molecule has 6 nitrogen and oxygen atoms in total. The van der Waals surface area contributed by atoms with Crippen molar-refractivity contribution < 1.29 is 9.90 Å². The van der Waals surface area contributed by atoms with Crippen molar-refractivity contribution >= 4 is 11.8 Å². The molecule has 1 aliphatic rings. The summed E-state index contributed by atoms with van der Waals surface area (Å²) in [7, 11) is 4.15. The van der Waals surface area contributed by atoms with Crippen LogP contribution < -0.4 is 4.90 Å². The van der Waals surface area contributed by atoms with Gasteiger partial charge in [0.2, 0.25) is 0 Å². The van der Waals surface area contributed by atoms with E-state index in [0.29, 0.717) is 11.9 Å². The first-order valence-electron chi connectivity index (χ1n) is 6.04. The van der Waals surface area contributed by atoms with Gasteiger partial charge in [0.1, 0.15) is 17.7 Å². The first-order chi connectivity index (χ1) is 8.59. The topological polar surface area (TPSA) is 69.6 Å². The molecule has 1 aromatic rings. The van der Waals surface area contributed by atoms with Crippen molar-refractivity contribution in [3.63, 3.8) is 0 Å². The summed E-state index contributed by atoms with van der Waals surface area (Å²) in [5, 5.41) is 9.12. The summed E-state index contributed by atoms with van der Waals surface area (Å²) in [6.07, 6.45) is 4.81. The van der Waals surface area contributed by atoms with Crippen LogP contribution in [0.3, 0.4) is 0 Å². The molecule has 0 amide bonds. The lowest BCUT2D eigenvalue weighted by Crippen LogP contribution is -2.42. The molecule has 98 valence electrons. The van der Waals surface area contributed by atoms with Gasteiger partial charge < -0.3 is 14.9 Å². The van der Waals surface area contributed by atoms with Crippen LogP contribution >= 0.6 is 0 Å². The molecule has 2 rings (SSSR count). The third-order valence-corrected chi connectivity index (χ3v) is 3.42. The number of rotatable bonds is 3. The van der Waals surface area contributed by atoms with E-state index in [1.807, 2.05) is 4.90 Å². The smallest absolute Gasteiger partial charge is 0.341 e. The van der Waals surface area contributed by atoms with Crippen molar-refractivity contribution in [2.24, 2.45) is 0 Å². The fourth-order valence-electron chi connectivity index (χ4n) is 2.32. The van der Waals surface area contributed by atoms with Crippen LogP contribution in [-0.4, -0.2) is 59.2 Å². The van der Waals surface area contributed by atoms with Crippen LogP contribution in [0.1, 0.15) is 23.2 Å². The lowest BCUT2D eigenvalue weighted by Gasteiger charge is -2.36. The Morgan fingerprint density at radius 1 is 1.44 bits per heavy atom. The van der Waals surface area contributed by atoms with Crippen LogP contribution in [-0.2, 0) is 0 Å². The van der Waals surface area contributed by atoms with Gasteiger partial charge in [-0.1, -0.05) is 0 Å². The summed E-state index contributed by atoms with van der Waals surface area (Å²) >= 11 is 0. The van der Waals surface area contributed by atoms with E-state index in [1.54, 1.807) is 0 Å². The zero-order chi connectivity index (χ0) is 13.1. The van der Waals surface area contributed by atoms with Gasteiger partial charge in [-0.15, -0.1) is 0 Å². The number of hydrogen-bond donors (Lipinski definition) is 1. The number of carbonyl (C=O) groups is 1. The molecule has 0 bridgehead atoms. The van der Waals surface area contributed by atoms with Crippen LogP contribution in [0, 0.1) is 0 Å². The summed E-state index contributed by atoms with van der Waals surface area (Å²) in [5.74, 6) is -0.435. The average molecular weight is 250 g/mol. The van der Waals surface area contributed by atoms with Crippen LogP contribution in [0.15, 0.2) is 12.5 Å². The van der Waals surface area contributed by atoms with E-state index in [4.69, 9.17) is 5.11 Å². The average Bonchev–Trinajstić information content (AvgIpc) is 2.39. The fraction of sp³-hybridized carbons (Fsp3) is 0.583. The van der Waals surface area contributed by atoms with Gasteiger partial charge in [0.15, 0.2) is 0 Å². The van der Waals surface area contributed by atoms with E-state index >= 15 is 0 Å². The van der Waals surface area contributed by atoms with Gasteiger partial charge in [-0.05, 0) is 26.9 Å². The SMILES string of the molecule is CN(C)C1CCN(c2ncncc2C(=O)O)CC1. The predicted molar refractivity (Wildman–Crippen MR) is 67.9 cm³/mol. The van der Waals surface area contributed by atoms with Gasteiger partial charge >= 0.3 is 5.97 Å². The molecule has 6 heteroatoms. The van der Waals surface area contributed by atoms with Gasteiger partial charge in [-0.25, -0.2) is 14.8 Å². The molecule has 0 radical (unpaired) electrons. The zero-order valence-electron chi connectivity index (χ0n) is 10.7. The lowest BCUT2D eigenvalue weighted by atomic mass is 10.0. The van der Waals surface area contributed by atoms with Crippen molar-refractivity contribution in [2.75, 3.05) is 32.1 Å². The highest BCUT2D eigenvalue weighted by Gasteiger charge is 2.24. The zero-order valence-corrected chi connectivity index (χ0v) is 10.7. The molecule has 1 N–H and O–H groups in total. The van der Waals surface area contributed by atoms with E-state index in [9.17, 15) is 4.79 Å². The van der Waals surface area contributed by atoms with E-state index in [2.05, 4.69) is 29.0 Å². The van der Waals surface area contributed by atoms with Crippen molar-refractivity contribution in [2.45, 2.75) is 18.9 Å². The molecule has 0 spiro atoms. The van der Waals surface area contributed by atoms with Gasteiger partial charge in [-0.2, -0.15) is 0 Å². The summed E-state index contributed by atoms with van der Waals surface area (Å²) < 4.78 is 0. The minimum Gasteiger partial charge on any atom is -0.477 e. The molecule has 18 heavy (non-hydrogen) atoms. The molecule has 0 aromatic carbocycles. The third-order valence-electron chi connectivity index (χ3n) is 3.42. The summed E-state index contributed by atoms with van der Waals surface area (Å²) in [5.41, 5.74) is 0.181. The second kappa shape index (κ2) is 5.30. The first kappa shape index (κ1) is 12.8. The lowest BCUT2D eigenvalue weighted by molar-refractivity contribution is 0.0696. The number of nitrogens with zero attached hydrogens (tertiary/aromatic N) is 4. The van der Waals surface area contributed by atoms with Gasteiger partial charge in [0, 0.05) is 25.3 Å². The minimum absolute atomic E-state index is 0.181. The van der Waals surface area contributed by atoms with Crippen molar-refractivity contribution in [3.05, 3.63) is 18.1 Å². The highest BCUT2D eigenvalue weighted by molar-refractivity contribution is 5.92. The number of carboxylic acids is 1. The quantitative estimate of drug-likeness (QED) is 0.852. The van der Waals surface area contributed by atoms with Crippen LogP contribution in [0.2, 0.25) is 0 Å². The third kappa shape index (κ3) is 2.59. The molecule has 2 heterocycles. The van der Waals surface area contributed by atoms with Crippen LogP contribution in [0.25, 0.3) is 0 Å². The highest BCUT2D eigenvalue weighted by atomic mass is 16.4. The minimum atomic E-state index is -0.972. The summed E-state index contributed by atoms with van der Waals surface area (Å²) in [4.78, 5) is 23.3. The molecule has 1 saturated heterocycles.